The first-order valence-corrected chi connectivity index (χ1v) is 10.2. The van der Waals surface area contributed by atoms with Crippen LogP contribution in [-0.4, -0.2) is 13.0 Å². The fraction of sp³-hybridized carbons (Fsp3) is 0.400. The number of ether oxygens (including phenoxy) is 1. The largest absolute Gasteiger partial charge is 0.497 e. The Morgan fingerprint density at radius 1 is 0.929 bits per heavy atom. The third-order valence-electron chi connectivity index (χ3n) is 5.44. The van der Waals surface area contributed by atoms with Gasteiger partial charge in [0.2, 0.25) is 5.91 Å². The maximum Gasteiger partial charge on any atom is 0.247 e. The zero-order valence-corrected chi connectivity index (χ0v) is 17.3. The van der Waals surface area contributed by atoms with Gasteiger partial charge < -0.3 is 10.1 Å². The van der Waals surface area contributed by atoms with E-state index in [1.54, 1.807) is 7.11 Å². The lowest BCUT2D eigenvalue weighted by atomic mass is 9.94. The molecular formula is C25H31NO2. The topological polar surface area (TPSA) is 38.3 Å². The van der Waals surface area contributed by atoms with Crippen LogP contribution in [0.15, 0.2) is 53.6 Å². The first kappa shape index (κ1) is 20.2. The maximum absolute atomic E-state index is 13.0. The summed E-state index contributed by atoms with van der Waals surface area (Å²) >= 11 is 0. The summed E-state index contributed by atoms with van der Waals surface area (Å²) in [5, 5.41) is 3.14. The first-order valence-electron chi connectivity index (χ1n) is 10.2. The van der Waals surface area contributed by atoms with Gasteiger partial charge in [0.05, 0.1) is 7.11 Å². The fourth-order valence-electron chi connectivity index (χ4n) is 3.90. The van der Waals surface area contributed by atoms with E-state index in [2.05, 4.69) is 55.6 Å². The van der Waals surface area contributed by atoms with Gasteiger partial charge in [-0.2, -0.15) is 0 Å². The summed E-state index contributed by atoms with van der Waals surface area (Å²) < 4.78 is 5.42. The highest BCUT2D eigenvalue weighted by molar-refractivity contribution is 5.94. The average molecular weight is 378 g/mol. The summed E-state index contributed by atoms with van der Waals surface area (Å²) in [6.07, 6.45) is 6.14. The summed E-state index contributed by atoms with van der Waals surface area (Å²) in [6.45, 7) is 4.74. The molecule has 2 aromatic rings. The molecule has 0 heterocycles. The van der Waals surface area contributed by atoms with Gasteiger partial charge in [0.15, 0.2) is 0 Å². The Labute approximate surface area is 168 Å². The molecule has 1 aliphatic rings. The van der Waals surface area contributed by atoms with Crippen LogP contribution in [0.3, 0.4) is 0 Å². The lowest BCUT2D eigenvalue weighted by Crippen LogP contribution is -2.25. The van der Waals surface area contributed by atoms with Crippen LogP contribution in [0.1, 0.15) is 54.4 Å². The molecule has 0 saturated heterocycles. The maximum atomic E-state index is 13.0. The quantitative estimate of drug-likeness (QED) is 0.729. The number of nitrogens with one attached hydrogen (secondary N) is 1. The van der Waals surface area contributed by atoms with Crippen LogP contribution in [-0.2, 0) is 17.8 Å². The van der Waals surface area contributed by atoms with Crippen molar-refractivity contribution in [3.63, 3.8) is 0 Å². The molecule has 2 aromatic carbocycles. The summed E-state index contributed by atoms with van der Waals surface area (Å²) in [5.74, 6) is 0.978. The summed E-state index contributed by atoms with van der Waals surface area (Å²) in [5.41, 5.74) is 7.05. The Balaban J connectivity index is 1.77. The molecule has 1 aliphatic carbocycles. The van der Waals surface area contributed by atoms with E-state index in [1.807, 2.05) is 6.07 Å². The predicted octanol–water partition coefficient (Wildman–Crippen LogP) is 5.43. The lowest BCUT2D eigenvalue weighted by molar-refractivity contribution is -0.117. The number of hydrogen-bond acceptors (Lipinski definition) is 2. The molecule has 3 rings (SSSR count). The fourth-order valence-corrected chi connectivity index (χ4v) is 3.90. The summed E-state index contributed by atoms with van der Waals surface area (Å²) in [4.78, 5) is 13.0. The number of benzene rings is 2. The highest BCUT2D eigenvalue weighted by atomic mass is 16.5. The van der Waals surface area contributed by atoms with Crippen molar-refractivity contribution in [2.45, 2.75) is 58.9 Å². The van der Waals surface area contributed by atoms with E-state index in [9.17, 15) is 4.79 Å². The van der Waals surface area contributed by atoms with Crippen LogP contribution >= 0.6 is 0 Å². The second-order valence-corrected chi connectivity index (χ2v) is 7.85. The number of carbonyl (C=O) groups excluding carboxylic acids is 1. The van der Waals surface area contributed by atoms with Crippen LogP contribution in [0.5, 0.6) is 5.75 Å². The highest BCUT2D eigenvalue weighted by Crippen LogP contribution is 2.28. The molecule has 0 atom stereocenters. The van der Waals surface area contributed by atoms with Crippen LogP contribution < -0.4 is 10.1 Å². The molecule has 1 amide bonds. The molecule has 148 valence electrons. The predicted molar refractivity (Wildman–Crippen MR) is 115 cm³/mol. The van der Waals surface area contributed by atoms with Gasteiger partial charge in [0.1, 0.15) is 5.75 Å². The first-order chi connectivity index (χ1) is 13.5. The SMILES string of the molecule is COc1cc(C)cc(CC2=C(C(=O)NCc3ccc(C)cc3)CCCCC2)c1. The average Bonchev–Trinajstić information content (AvgIpc) is 2.92. The number of amides is 1. The Kier molecular flexibility index (Phi) is 6.91. The number of methoxy groups -OCH3 is 1. The Morgan fingerprint density at radius 3 is 2.43 bits per heavy atom. The van der Waals surface area contributed by atoms with E-state index >= 15 is 0 Å². The molecule has 0 saturated carbocycles. The van der Waals surface area contributed by atoms with E-state index in [4.69, 9.17) is 4.74 Å². The van der Waals surface area contributed by atoms with Crippen molar-refractivity contribution >= 4 is 5.91 Å². The normalized spacial score (nSPS) is 14.5. The molecule has 1 N–H and O–H groups in total. The molecule has 0 radical (unpaired) electrons. The summed E-state index contributed by atoms with van der Waals surface area (Å²) in [7, 11) is 1.70. The van der Waals surface area contributed by atoms with Crippen molar-refractivity contribution < 1.29 is 9.53 Å². The van der Waals surface area contributed by atoms with Crippen molar-refractivity contribution in [3.05, 3.63) is 75.9 Å². The number of rotatable bonds is 6. The van der Waals surface area contributed by atoms with Crippen molar-refractivity contribution in [1.82, 2.24) is 5.32 Å². The van der Waals surface area contributed by atoms with Gasteiger partial charge in [-0.15, -0.1) is 0 Å². The van der Waals surface area contributed by atoms with Gasteiger partial charge in [-0.25, -0.2) is 0 Å². The monoisotopic (exact) mass is 377 g/mol. The van der Waals surface area contributed by atoms with Crippen molar-refractivity contribution in [2.24, 2.45) is 0 Å². The van der Waals surface area contributed by atoms with Crippen LogP contribution in [0.2, 0.25) is 0 Å². The Hall–Kier alpha value is -2.55. The lowest BCUT2D eigenvalue weighted by Gasteiger charge is -2.15. The third kappa shape index (κ3) is 5.48. The molecule has 3 nitrogen and oxygen atoms in total. The van der Waals surface area contributed by atoms with Gasteiger partial charge in [0.25, 0.3) is 0 Å². The minimum atomic E-state index is 0.0945. The van der Waals surface area contributed by atoms with Crippen LogP contribution in [0.25, 0.3) is 0 Å². The van der Waals surface area contributed by atoms with Crippen molar-refractivity contribution in [3.8, 4) is 5.75 Å². The number of aryl methyl sites for hydroxylation is 2. The molecule has 0 fully saturated rings. The second kappa shape index (κ2) is 9.59. The molecule has 28 heavy (non-hydrogen) atoms. The van der Waals surface area contributed by atoms with Gasteiger partial charge in [-0.05, 0) is 74.8 Å². The molecular weight excluding hydrogens is 346 g/mol. The van der Waals surface area contributed by atoms with Gasteiger partial charge in [-0.1, -0.05) is 47.9 Å². The minimum absolute atomic E-state index is 0.0945. The van der Waals surface area contributed by atoms with E-state index < -0.39 is 0 Å². The third-order valence-corrected chi connectivity index (χ3v) is 5.44. The van der Waals surface area contributed by atoms with Gasteiger partial charge in [0, 0.05) is 12.1 Å². The van der Waals surface area contributed by atoms with Crippen LogP contribution in [0, 0.1) is 13.8 Å². The van der Waals surface area contributed by atoms with Gasteiger partial charge in [-0.3, -0.25) is 4.79 Å². The molecule has 0 unspecified atom stereocenters. The minimum Gasteiger partial charge on any atom is -0.497 e. The van der Waals surface area contributed by atoms with E-state index in [0.29, 0.717) is 6.54 Å². The molecule has 0 spiro atoms. The van der Waals surface area contributed by atoms with E-state index in [0.717, 1.165) is 49.0 Å². The number of carbonyl (C=O) groups is 1. The van der Waals surface area contributed by atoms with Crippen LogP contribution in [0.4, 0.5) is 0 Å². The smallest absolute Gasteiger partial charge is 0.247 e. The number of hydrogen-bond donors (Lipinski definition) is 1. The zero-order chi connectivity index (χ0) is 19.9. The molecule has 0 aromatic heterocycles. The Morgan fingerprint density at radius 2 is 1.68 bits per heavy atom. The highest BCUT2D eigenvalue weighted by Gasteiger charge is 2.18. The standard InChI is InChI=1S/C25H31NO2/c1-18-9-11-20(12-10-18)17-26-25(27)24-8-6-4-5-7-22(24)15-21-13-19(2)14-23(16-21)28-3/h9-14,16H,4-8,15,17H2,1-3H3,(H,26,27). The second-order valence-electron chi connectivity index (χ2n) is 7.85. The Bertz CT molecular complexity index is 849. The molecule has 0 bridgehead atoms. The van der Waals surface area contributed by atoms with Gasteiger partial charge >= 0.3 is 0 Å². The zero-order valence-electron chi connectivity index (χ0n) is 17.3. The van der Waals surface area contributed by atoms with Crippen molar-refractivity contribution in [1.29, 1.82) is 0 Å². The summed E-state index contributed by atoms with van der Waals surface area (Å²) in [6, 6.07) is 14.7. The van der Waals surface area contributed by atoms with E-state index in [-0.39, 0.29) is 5.91 Å². The molecule has 0 aliphatic heterocycles. The number of allylic oxidation sites excluding steroid dienone is 1. The van der Waals surface area contributed by atoms with Crippen molar-refractivity contribution in [2.75, 3.05) is 7.11 Å². The van der Waals surface area contributed by atoms with E-state index in [1.165, 1.54) is 28.7 Å². The molecule has 3 heteroatoms.